The Morgan fingerprint density at radius 1 is 1.53 bits per heavy atom. The van der Waals surface area contributed by atoms with Crippen molar-refractivity contribution in [1.29, 1.82) is 0 Å². The number of hydrogen-bond acceptors (Lipinski definition) is 7. The third-order valence-electron chi connectivity index (χ3n) is 2.54. The Hall–Kier alpha value is -2.10. The Morgan fingerprint density at radius 2 is 2.26 bits per heavy atom. The zero-order valence-corrected chi connectivity index (χ0v) is 10.5. The Kier molecular flexibility index (Phi) is 3.69. The second-order valence-electron chi connectivity index (χ2n) is 3.86. The highest BCUT2D eigenvalue weighted by Crippen LogP contribution is 2.27. The molecule has 0 aromatic carbocycles. The van der Waals surface area contributed by atoms with Crippen molar-refractivity contribution in [3.05, 3.63) is 0 Å². The van der Waals surface area contributed by atoms with E-state index in [9.17, 15) is 14.4 Å². The van der Waals surface area contributed by atoms with E-state index in [2.05, 4.69) is 15.5 Å². The normalized spacial score (nSPS) is 19.3. The fourth-order valence-electron chi connectivity index (χ4n) is 1.73. The number of nitrogens with one attached hydrogen (secondary N) is 1. The number of nitrogens with zero attached hydrogens (tertiary/aromatic N) is 3. The number of carboxylic acid groups (broad SMARTS) is 1. The molecule has 1 fully saturated rings. The van der Waals surface area contributed by atoms with Gasteiger partial charge in [0.15, 0.2) is 5.16 Å². The van der Waals surface area contributed by atoms with E-state index in [4.69, 9.17) is 10.8 Å². The quantitative estimate of drug-likeness (QED) is 0.473. The number of carboxylic acids is 1. The van der Waals surface area contributed by atoms with Gasteiger partial charge in [0.1, 0.15) is 6.04 Å². The van der Waals surface area contributed by atoms with Crippen LogP contribution in [0.2, 0.25) is 0 Å². The number of rotatable bonds is 4. The van der Waals surface area contributed by atoms with Gasteiger partial charge in [0.2, 0.25) is 17.8 Å². The standard InChI is InChI=1S/C9H11N5O4S/c10-8-12-13-9(19-3-6(16)17)14(8)4-1-2-5(15)11-7(4)18/h4H,1-3H2,(H2,10,12)(H,16,17)(H,11,15,18). The summed E-state index contributed by atoms with van der Waals surface area (Å²) in [6, 6.07) is -0.691. The highest BCUT2D eigenvalue weighted by Gasteiger charge is 2.31. The lowest BCUT2D eigenvalue weighted by molar-refractivity contribution is -0.136. The van der Waals surface area contributed by atoms with Crippen molar-refractivity contribution in [3.63, 3.8) is 0 Å². The van der Waals surface area contributed by atoms with Crippen LogP contribution in [0, 0.1) is 0 Å². The Balaban J connectivity index is 2.23. The van der Waals surface area contributed by atoms with Crippen LogP contribution in [0.3, 0.4) is 0 Å². The molecule has 102 valence electrons. The average molecular weight is 285 g/mol. The lowest BCUT2D eigenvalue weighted by Gasteiger charge is -2.23. The van der Waals surface area contributed by atoms with Crippen molar-refractivity contribution in [3.8, 4) is 0 Å². The number of aliphatic carboxylic acids is 1. The first-order valence-corrected chi connectivity index (χ1v) is 6.36. The van der Waals surface area contributed by atoms with Crippen LogP contribution in [0.15, 0.2) is 5.16 Å². The maximum Gasteiger partial charge on any atom is 0.313 e. The molecule has 0 saturated carbocycles. The maximum atomic E-state index is 11.8. The number of carbonyl (C=O) groups is 3. The number of amides is 2. The van der Waals surface area contributed by atoms with E-state index in [1.54, 1.807) is 0 Å². The number of piperidine rings is 1. The number of carbonyl (C=O) groups excluding carboxylic acids is 2. The molecule has 2 amide bonds. The van der Waals surface area contributed by atoms with Crippen LogP contribution in [0.5, 0.6) is 0 Å². The minimum atomic E-state index is -1.01. The molecule has 0 aliphatic carbocycles. The van der Waals surface area contributed by atoms with Crippen molar-refractivity contribution in [2.75, 3.05) is 11.5 Å². The summed E-state index contributed by atoms with van der Waals surface area (Å²) >= 11 is 0.917. The van der Waals surface area contributed by atoms with Crippen molar-refractivity contribution in [2.45, 2.75) is 24.0 Å². The fourth-order valence-corrected chi connectivity index (χ4v) is 2.45. The lowest BCUT2D eigenvalue weighted by Crippen LogP contribution is -2.42. The van der Waals surface area contributed by atoms with Crippen molar-refractivity contribution in [1.82, 2.24) is 20.1 Å². The van der Waals surface area contributed by atoms with Gasteiger partial charge < -0.3 is 10.8 Å². The summed E-state index contributed by atoms with van der Waals surface area (Å²) in [7, 11) is 0. The Labute approximate surface area is 111 Å². The molecule has 2 rings (SSSR count). The topological polar surface area (TPSA) is 140 Å². The molecule has 1 aromatic rings. The summed E-state index contributed by atoms with van der Waals surface area (Å²) < 4.78 is 1.36. The second-order valence-corrected chi connectivity index (χ2v) is 4.80. The minimum absolute atomic E-state index is 0.0161. The summed E-state index contributed by atoms with van der Waals surface area (Å²) in [5.41, 5.74) is 5.64. The predicted molar refractivity (Wildman–Crippen MR) is 64.2 cm³/mol. The Morgan fingerprint density at radius 3 is 2.89 bits per heavy atom. The van der Waals surface area contributed by atoms with E-state index in [0.29, 0.717) is 0 Å². The first-order chi connectivity index (χ1) is 8.99. The van der Waals surface area contributed by atoms with Crippen LogP contribution in [-0.4, -0.2) is 43.4 Å². The molecule has 4 N–H and O–H groups in total. The summed E-state index contributed by atoms with van der Waals surface area (Å²) in [5, 5.41) is 18.5. The molecule has 1 aromatic heterocycles. The van der Waals surface area contributed by atoms with Crippen LogP contribution in [0.25, 0.3) is 0 Å². The van der Waals surface area contributed by atoms with Crippen LogP contribution < -0.4 is 11.1 Å². The van der Waals surface area contributed by atoms with Crippen molar-refractivity contribution in [2.24, 2.45) is 0 Å². The third kappa shape index (κ3) is 2.84. The molecule has 1 unspecified atom stereocenters. The second kappa shape index (κ2) is 5.26. The molecule has 1 atom stereocenters. The monoisotopic (exact) mass is 285 g/mol. The van der Waals surface area contributed by atoms with Crippen molar-refractivity contribution < 1.29 is 19.5 Å². The zero-order valence-electron chi connectivity index (χ0n) is 9.70. The van der Waals surface area contributed by atoms with Gasteiger partial charge in [-0.25, -0.2) is 0 Å². The van der Waals surface area contributed by atoms with Crippen LogP contribution in [0.4, 0.5) is 5.95 Å². The van der Waals surface area contributed by atoms with E-state index in [-0.39, 0.29) is 35.6 Å². The van der Waals surface area contributed by atoms with Gasteiger partial charge in [-0.3, -0.25) is 24.3 Å². The largest absolute Gasteiger partial charge is 0.481 e. The van der Waals surface area contributed by atoms with Gasteiger partial charge in [-0.15, -0.1) is 10.2 Å². The summed E-state index contributed by atoms with van der Waals surface area (Å²) in [5.74, 6) is -2.04. The number of hydrogen-bond donors (Lipinski definition) is 3. The molecule has 9 nitrogen and oxygen atoms in total. The molecule has 0 spiro atoms. The van der Waals surface area contributed by atoms with E-state index < -0.39 is 17.9 Å². The molecular weight excluding hydrogens is 274 g/mol. The number of imide groups is 1. The molecule has 0 radical (unpaired) electrons. The van der Waals surface area contributed by atoms with E-state index in [1.165, 1.54) is 4.57 Å². The first-order valence-electron chi connectivity index (χ1n) is 5.37. The molecule has 1 aliphatic rings. The highest BCUT2D eigenvalue weighted by atomic mass is 32.2. The molecule has 2 heterocycles. The number of nitrogen functional groups attached to an aromatic ring is 1. The van der Waals surface area contributed by atoms with Gasteiger partial charge in [0.25, 0.3) is 0 Å². The van der Waals surface area contributed by atoms with Gasteiger partial charge in [0.05, 0.1) is 5.75 Å². The maximum absolute atomic E-state index is 11.8. The number of aromatic nitrogens is 3. The summed E-state index contributed by atoms with van der Waals surface area (Å²) in [6.45, 7) is 0. The van der Waals surface area contributed by atoms with E-state index in [0.717, 1.165) is 11.8 Å². The van der Waals surface area contributed by atoms with Crippen LogP contribution in [0.1, 0.15) is 18.9 Å². The van der Waals surface area contributed by atoms with Gasteiger partial charge in [-0.1, -0.05) is 11.8 Å². The fraction of sp³-hybridized carbons (Fsp3) is 0.444. The molecule has 0 bridgehead atoms. The number of anilines is 1. The number of thioether (sulfide) groups is 1. The van der Waals surface area contributed by atoms with Gasteiger partial charge in [-0.05, 0) is 6.42 Å². The van der Waals surface area contributed by atoms with E-state index in [1.807, 2.05) is 0 Å². The van der Waals surface area contributed by atoms with Crippen molar-refractivity contribution >= 4 is 35.5 Å². The molecular formula is C9H11N5O4S. The van der Waals surface area contributed by atoms with Crippen LogP contribution >= 0.6 is 11.8 Å². The smallest absolute Gasteiger partial charge is 0.313 e. The minimum Gasteiger partial charge on any atom is -0.481 e. The zero-order chi connectivity index (χ0) is 14.0. The third-order valence-corrected chi connectivity index (χ3v) is 3.47. The summed E-state index contributed by atoms with van der Waals surface area (Å²) in [4.78, 5) is 33.4. The van der Waals surface area contributed by atoms with Gasteiger partial charge in [-0.2, -0.15) is 0 Å². The highest BCUT2D eigenvalue weighted by molar-refractivity contribution is 7.99. The van der Waals surface area contributed by atoms with Gasteiger partial charge in [0, 0.05) is 6.42 Å². The lowest BCUT2D eigenvalue weighted by atomic mass is 10.1. The first kappa shape index (κ1) is 13.3. The Bertz CT molecular complexity index is 543. The number of nitrogens with two attached hydrogens (primary N) is 1. The molecule has 10 heteroatoms. The SMILES string of the molecule is Nc1nnc(SCC(=O)O)n1C1CCC(=O)NC1=O. The van der Waals surface area contributed by atoms with Gasteiger partial charge >= 0.3 is 5.97 Å². The molecule has 1 saturated heterocycles. The van der Waals surface area contributed by atoms with Crippen LogP contribution in [-0.2, 0) is 14.4 Å². The predicted octanol–water partition coefficient (Wildman–Crippen LogP) is -0.985. The molecule has 1 aliphatic heterocycles. The average Bonchev–Trinajstić information content (AvgIpc) is 2.68. The molecule has 19 heavy (non-hydrogen) atoms. The van der Waals surface area contributed by atoms with E-state index >= 15 is 0 Å². The summed E-state index contributed by atoms with van der Waals surface area (Å²) in [6.07, 6.45) is 0.477.